The number of carbonyl (C=O) groups excluding carboxylic acids is 1. The Bertz CT molecular complexity index is 1610. The summed E-state index contributed by atoms with van der Waals surface area (Å²) in [6.45, 7) is 7.43. The Kier molecular flexibility index (Phi) is 12.5. The average molecular weight is 674 g/mol. The van der Waals surface area contributed by atoms with Gasteiger partial charge >= 0.3 is 6.16 Å². The van der Waals surface area contributed by atoms with Crippen LogP contribution in [0.15, 0.2) is 84.9 Å². The molecule has 1 aliphatic heterocycles. The first kappa shape index (κ1) is 35.4. The van der Waals surface area contributed by atoms with Crippen molar-refractivity contribution in [2.75, 3.05) is 39.7 Å². The summed E-state index contributed by atoms with van der Waals surface area (Å²) in [6, 6.07) is 28.8. The molecule has 0 amide bonds. The Morgan fingerprint density at radius 2 is 1.65 bits per heavy atom. The number of carbonyl (C=O) groups is 1. The van der Waals surface area contributed by atoms with Gasteiger partial charge in [-0.05, 0) is 86.4 Å². The van der Waals surface area contributed by atoms with Gasteiger partial charge in [0.1, 0.15) is 22.8 Å². The van der Waals surface area contributed by atoms with E-state index in [-0.39, 0.29) is 12.0 Å². The van der Waals surface area contributed by atoms with Crippen molar-refractivity contribution in [3.63, 3.8) is 0 Å². The van der Waals surface area contributed by atoms with E-state index in [9.17, 15) is 4.79 Å². The molecule has 0 aromatic heterocycles. The molecule has 1 aliphatic rings. The van der Waals surface area contributed by atoms with E-state index in [0.29, 0.717) is 26.3 Å². The second kappa shape index (κ2) is 17.0. The van der Waals surface area contributed by atoms with Crippen molar-refractivity contribution in [1.82, 2.24) is 5.06 Å². The lowest BCUT2D eigenvalue weighted by molar-refractivity contribution is -0.179. The van der Waals surface area contributed by atoms with E-state index < -0.39 is 11.8 Å². The standard InChI is InChI=1S/C39H47NO7S/c1-39(2,3)46-38(41)47-40-20-19-32(30-15-17-31(18-16-30)44-21-10-22-48-27-28-11-7-6-8-12-28)37(25-40)45-26-29-23-34-33(36(24-29)43-5)13-9-14-35(34)42-4/h6-9,11-18,23-24,32,37H,10,19-22,25-27H2,1-5H3. The van der Waals surface area contributed by atoms with Crippen molar-refractivity contribution in [2.45, 2.75) is 63.6 Å². The molecule has 8 nitrogen and oxygen atoms in total. The molecule has 2 atom stereocenters. The van der Waals surface area contributed by atoms with Gasteiger partial charge in [0.2, 0.25) is 0 Å². The second-order valence-corrected chi connectivity index (χ2v) is 14.0. The average Bonchev–Trinajstić information content (AvgIpc) is 3.08. The number of benzene rings is 4. The lowest BCUT2D eigenvalue weighted by Crippen LogP contribution is -2.45. The minimum absolute atomic E-state index is 0.0869. The van der Waals surface area contributed by atoms with Gasteiger partial charge < -0.3 is 28.5 Å². The number of hydrogen-bond donors (Lipinski definition) is 0. The fraction of sp³-hybridized carbons (Fsp3) is 0.410. The molecule has 0 N–H and O–H groups in total. The van der Waals surface area contributed by atoms with Crippen molar-refractivity contribution >= 4 is 28.7 Å². The van der Waals surface area contributed by atoms with Gasteiger partial charge in [0, 0.05) is 29.0 Å². The second-order valence-electron chi connectivity index (χ2n) is 12.9. The SMILES string of the molecule is COc1cc(COC2CN(OC(=O)OC(C)(C)C)CCC2c2ccc(OCCCSCc3ccccc3)cc2)cc2c(OC)cccc12. The van der Waals surface area contributed by atoms with E-state index in [0.717, 1.165) is 63.5 Å². The molecule has 4 aromatic rings. The number of hydroxylamine groups is 2. The van der Waals surface area contributed by atoms with Crippen LogP contribution in [0.3, 0.4) is 0 Å². The lowest BCUT2D eigenvalue weighted by atomic mass is 9.87. The van der Waals surface area contributed by atoms with Gasteiger partial charge in [-0.15, -0.1) is 5.06 Å². The zero-order valence-electron chi connectivity index (χ0n) is 28.6. The van der Waals surface area contributed by atoms with Gasteiger partial charge in [-0.25, -0.2) is 4.79 Å². The van der Waals surface area contributed by atoms with E-state index >= 15 is 0 Å². The highest BCUT2D eigenvalue weighted by atomic mass is 32.2. The molecular weight excluding hydrogens is 626 g/mol. The van der Waals surface area contributed by atoms with Crippen molar-refractivity contribution < 1.29 is 33.3 Å². The third-order valence-electron chi connectivity index (χ3n) is 8.12. The van der Waals surface area contributed by atoms with Gasteiger partial charge in [-0.1, -0.05) is 54.6 Å². The summed E-state index contributed by atoms with van der Waals surface area (Å²) in [5.74, 6) is 4.53. The fourth-order valence-corrected chi connectivity index (χ4v) is 6.73. The predicted molar refractivity (Wildman–Crippen MR) is 191 cm³/mol. The highest BCUT2D eigenvalue weighted by Gasteiger charge is 2.34. The molecule has 0 radical (unpaired) electrons. The Morgan fingerprint density at radius 1 is 0.875 bits per heavy atom. The Balaban J connectivity index is 1.23. The molecule has 2 unspecified atom stereocenters. The number of piperidine rings is 1. The molecule has 9 heteroatoms. The first-order valence-corrected chi connectivity index (χ1v) is 17.6. The highest BCUT2D eigenvalue weighted by molar-refractivity contribution is 7.98. The highest BCUT2D eigenvalue weighted by Crippen LogP contribution is 2.36. The Labute approximate surface area is 288 Å². The summed E-state index contributed by atoms with van der Waals surface area (Å²) in [6.07, 6.45) is 0.748. The minimum Gasteiger partial charge on any atom is -0.496 e. The number of nitrogens with zero attached hydrogens (tertiary/aromatic N) is 1. The number of methoxy groups -OCH3 is 2. The van der Waals surface area contributed by atoms with Crippen LogP contribution in [-0.2, 0) is 26.7 Å². The smallest absolute Gasteiger partial charge is 0.496 e. The topological polar surface area (TPSA) is 75.7 Å². The van der Waals surface area contributed by atoms with Crippen LogP contribution in [-0.4, -0.2) is 62.6 Å². The first-order chi connectivity index (χ1) is 23.2. The van der Waals surface area contributed by atoms with Crippen molar-refractivity contribution in [1.29, 1.82) is 0 Å². The van der Waals surface area contributed by atoms with Crippen LogP contribution in [0.25, 0.3) is 10.8 Å². The zero-order valence-corrected chi connectivity index (χ0v) is 29.4. The summed E-state index contributed by atoms with van der Waals surface area (Å²) in [4.78, 5) is 18.1. The molecule has 48 heavy (non-hydrogen) atoms. The number of fused-ring (bicyclic) bond motifs is 1. The summed E-state index contributed by atoms with van der Waals surface area (Å²) in [7, 11) is 3.33. The third-order valence-corrected chi connectivity index (χ3v) is 9.23. The molecule has 1 fully saturated rings. The summed E-state index contributed by atoms with van der Waals surface area (Å²) in [5, 5.41) is 3.58. The molecule has 0 bridgehead atoms. The van der Waals surface area contributed by atoms with Gasteiger partial charge in [0.05, 0.1) is 40.1 Å². The van der Waals surface area contributed by atoms with Crippen LogP contribution >= 0.6 is 11.8 Å². The summed E-state index contributed by atoms with van der Waals surface area (Å²) >= 11 is 1.93. The molecular formula is C39H47NO7S. The number of rotatable bonds is 14. The minimum atomic E-state index is -0.717. The third kappa shape index (κ3) is 10.0. The normalized spacial score (nSPS) is 16.8. The molecule has 0 saturated carbocycles. The number of hydrogen-bond acceptors (Lipinski definition) is 9. The van der Waals surface area contributed by atoms with Gasteiger partial charge in [0.25, 0.3) is 0 Å². The van der Waals surface area contributed by atoms with Crippen LogP contribution < -0.4 is 14.2 Å². The molecule has 1 saturated heterocycles. The summed E-state index contributed by atoms with van der Waals surface area (Å²) in [5.41, 5.74) is 2.81. The first-order valence-electron chi connectivity index (χ1n) is 16.5. The quantitative estimate of drug-likeness (QED) is 0.0964. The zero-order chi connectivity index (χ0) is 33.9. The van der Waals surface area contributed by atoms with Gasteiger partial charge in [-0.2, -0.15) is 11.8 Å². The van der Waals surface area contributed by atoms with E-state index in [1.807, 2.05) is 75.0 Å². The fourth-order valence-electron chi connectivity index (χ4n) is 5.84. The van der Waals surface area contributed by atoms with Gasteiger partial charge in [-0.3, -0.25) is 0 Å². The maximum Gasteiger partial charge on any atom is 0.528 e. The Morgan fingerprint density at radius 3 is 2.38 bits per heavy atom. The van der Waals surface area contributed by atoms with E-state index in [2.05, 4.69) is 42.5 Å². The molecule has 0 spiro atoms. The van der Waals surface area contributed by atoms with Crippen molar-refractivity contribution in [3.8, 4) is 17.2 Å². The predicted octanol–water partition coefficient (Wildman–Crippen LogP) is 8.80. The van der Waals surface area contributed by atoms with E-state index in [4.69, 9.17) is 28.5 Å². The van der Waals surface area contributed by atoms with Crippen LogP contribution in [0.2, 0.25) is 0 Å². The monoisotopic (exact) mass is 673 g/mol. The Hall–Kier alpha value is -3.92. The van der Waals surface area contributed by atoms with E-state index in [1.165, 1.54) is 5.56 Å². The number of thioether (sulfide) groups is 1. The maximum atomic E-state index is 12.5. The van der Waals surface area contributed by atoms with Gasteiger partial charge in [0.15, 0.2) is 0 Å². The van der Waals surface area contributed by atoms with Crippen molar-refractivity contribution in [2.24, 2.45) is 0 Å². The lowest BCUT2D eigenvalue weighted by Gasteiger charge is -2.37. The largest absolute Gasteiger partial charge is 0.528 e. The van der Waals surface area contributed by atoms with Crippen LogP contribution in [0.5, 0.6) is 17.2 Å². The van der Waals surface area contributed by atoms with Crippen LogP contribution in [0.4, 0.5) is 4.79 Å². The van der Waals surface area contributed by atoms with Crippen LogP contribution in [0.1, 0.15) is 56.2 Å². The van der Waals surface area contributed by atoms with Crippen LogP contribution in [0, 0.1) is 0 Å². The molecule has 5 rings (SSSR count). The van der Waals surface area contributed by atoms with Crippen molar-refractivity contribution in [3.05, 3.63) is 102 Å². The molecule has 0 aliphatic carbocycles. The molecule has 4 aromatic carbocycles. The number of ether oxygens (including phenoxy) is 5. The maximum absolute atomic E-state index is 12.5. The molecule has 1 heterocycles. The molecule has 256 valence electrons. The summed E-state index contributed by atoms with van der Waals surface area (Å²) < 4.78 is 29.5. The van der Waals surface area contributed by atoms with E-state index in [1.54, 1.807) is 19.3 Å².